The number of benzene rings is 1. The molecule has 1 atom stereocenters. The molecule has 1 aromatic carbocycles. The first-order valence-corrected chi connectivity index (χ1v) is 7.16. The molecule has 0 radical (unpaired) electrons. The summed E-state index contributed by atoms with van der Waals surface area (Å²) in [5.41, 5.74) is 2.20. The SMILES string of the molecule is c1ccc(-c2csc(NC[C@H]3CCCO3)n2)cc1. The third kappa shape index (κ3) is 2.71. The summed E-state index contributed by atoms with van der Waals surface area (Å²) in [6.45, 7) is 1.77. The second-order valence-corrected chi connectivity index (χ2v) is 5.28. The van der Waals surface area contributed by atoms with E-state index in [0.717, 1.165) is 30.4 Å². The van der Waals surface area contributed by atoms with Crippen molar-refractivity contribution in [3.63, 3.8) is 0 Å². The van der Waals surface area contributed by atoms with Gasteiger partial charge in [-0.15, -0.1) is 11.3 Å². The molecule has 0 spiro atoms. The van der Waals surface area contributed by atoms with E-state index >= 15 is 0 Å². The van der Waals surface area contributed by atoms with Crippen molar-refractivity contribution in [2.75, 3.05) is 18.5 Å². The number of nitrogens with zero attached hydrogens (tertiary/aromatic N) is 1. The van der Waals surface area contributed by atoms with Gasteiger partial charge in [0.15, 0.2) is 5.13 Å². The molecule has 18 heavy (non-hydrogen) atoms. The zero-order valence-electron chi connectivity index (χ0n) is 10.1. The van der Waals surface area contributed by atoms with Gasteiger partial charge >= 0.3 is 0 Å². The molecule has 0 amide bonds. The van der Waals surface area contributed by atoms with Crippen molar-refractivity contribution in [1.29, 1.82) is 0 Å². The fraction of sp³-hybridized carbons (Fsp3) is 0.357. The lowest BCUT2D eigenvalue weighted by molar-refractivity contribution is 0.120. The van der Waals surface area contributed by atoms with E-state index in [2.05, 4.69) is 27.8 Å². The zero-order chi connectivity index (χ0) is 12.2. The molecule has 4 heteroatoms. The number of rotatable bonds is 4. The van der Waals surface area contributed by atoms with E-state index in [9.17, 15) is 0 Å². The van der Waals surface area contributed by atoms with Gasteiger partial charge in [0.05, 0.1) is 11.8 Å². The highest BCUT2D eigenvalue weighted by Gasteiger charge is 2.15. The Kier molecular flexibility index (Phi) is 3.57. The van der Waals surface area contributed by atoms with Crippen LogP contribution in [0.4, 0.5) is 5.13 Å². The highest BCUT2D eigenvalue weighted by atomic mass is 32.1. The van der Waals surface area contributed by atoms with E-state index in [0.29, 0.717) is 6.10 Å². The van der Waals surface area contributed by atoms with Gasteiger partial charge in [0, 0.05) is 24.1 Å². The summed E-state index contributed by atoms with van der Waals surface area (Å²) in [7, 11) is 0. The Labute approximate surface area is 111 Å². The second-order valence-electron chi connectivity index (χ2n) is 4.42. The number of aromatic nitrogens is 1. The highest BCUT2D eigenvalue weighted by Crippen LogP contribution is 2.25. The molecule has 1 aliphatic rings. The van der Waals surface area contributed by atoms with Crippen LogP contribution < -0.4 is 5.32 Å². The minimum Gasteiger partial charge on any atom is -0.376 e. The molecular formula is C14H16N2OS. The number of hydrogen-bond acceptors (Lipinski definition) is 4. The Bertz CT molecular complexity index is 492. The molecule has 3 rings (SSSR count). The monoisotopic (exact) mass is 260 g/mol. The van der Waals surface area contributed by atoms with Crippen molar-refractivity contribution in [3.05, 3.63) is 35.7 Å². The largest absolute Gasteiger partial charge is 0.376 e. The van der Waals surface area contributed by atoms with E-state index in [1.165, 1.54) is 12.0 Å². The molecule has 0 aliphatic carbocycles. The van der Waals surface area contributed by atoms with Crippen LogP contribution in [0.15, 0.2) is 35.7 Å². The zero-order valence-corrected chi connectivity index (χ0v) is 11.0. The van der Waals surface area contributed by atoms with Crippen LogP contribution in [0, 0.1) is 0 Å². The van der Waals surface area contributed by atoms with Crippen LogP contribution in [0.5, 0.6) is 0 Å². The molecule has 0 saturated carbocycles. The van der Waals surface area contributed by atoms with E-state index in [1.807, 2.05) is 18.2 Å². The third-order valence-electron chi connectivity index (χ3n) is 3.08. The van der Waals surface area contributed by atoms with Gasteiger partial charge in [-0.1, -0.05) is 30.3 Å². The lowest BCUT2D eigenvalue weighted by atomic mass is 10.2. The summed E-state index contributed by atoms with van der Waals surface area (Å²) in [6, 6.07) is 10.3. The predicted molar refractivity (Wildman–Crippen MR) is 75.0 cm³/mol. The Balaban J connectivity index is 1.63. The molecule has 2 aromatic rings. The van der Waals surface area contributed by atoms with Crippen molar-refractivity contribution in [3.8, 4) is 11.3 Å². The quantitative estimate of drug-likeness (QED) is 0.915. The van der Waals surface area contributed by atoms with Gasteiger partial charge < -0.3 is 10.1 Å². The van der Waals surface area contributed by atoms with Gasteiger partial charge in [-0.3, -0.25) is 0 Å². The van der Waals surface area contributed by atoms with Crippen molar-refractivity contribution >= 4 is 16.5 Å². The first-order valence-electron chi connectivity index (χ1n) is 6.28. The van der Waals surface area contributed by atoms with Gasteiger partial charge in [0.2, 0.25) is 0 Å². The van der Waals surface area contributed by atoms with Crippen LogP contribution in [0.2, 0.25) is 0 Å². The maximum Gasteiger partial charge on any atom is 0.183 e. The molecule has 0 unspecified atom stereocenters. The smallest absolute Gasteiger partial charge is 0.183 e. The molecule has 0 bridgehead atoms. The average Bonchev–Trinajstić information content (AvgIpc) is 3.09. The van der Waals surface area contributed by atoms with Crippen LogP contribution in [0.1, 0.15) is 12.8 Å². The fourth-order valence-electron chi connectivity index (χ4n) is 2.10. The van der Waals surface area contributed by atoms with Crippen molar-refractivity contribution < 1.29 is 4.74 Å². The standard InChI is InChI=1S/C14H16N2OS/c1-2-5-11(6-3-1)13-10-18-14(16-13)15-9-12-7-4-8-17-12/h1-3,5-6,10,12H,4,7-9H2,(H,15,16)/t12-/m1/s1. The maximum atomic E-state index is 5.58. The molecule has 3 nitrogen and oxygen atoms in total. The third-order valence-corrected chi connectivity index (χ3v) is 3.88. The van der Waals surface area contributed by atoms with Crippen LogP contribution in [-0.4, -0.2) is 24.2 Å². The Morgan fingerprint density at radius 3 is 3.00 bits per heavy atom. The number of thiazole rings is 1. The van der Waals surface area contributed by atoms with Gasteiger partial charge in [0.1, 0.15) is 0 Å². The number of anilines is 1. The summed E-state index contributed by atoms with van der Waals surface area (Å²) < 4.78 is 5.58. The summed E-state index contributed by atoms with van der Waals surface area (Å²) in [6.07, 6.45) is 2.69. The molecule has 1 saturated heterocycles. The second kappa shape index (κ2) is 5.50. The minimum absolute atomic E-state index is 0.356. The van der Waals surface area contributed by atoms with E-state index in [-0.39, 0.29) is 0 Å². The molecule has 1 aromatic heterocycles. The van der Waals surface area contributed by atoms with Crippen LogP contribution in [0.3, 0.4) is 0 Å². The maximum absolute atomic E-state index is 5.58. The van der Waals surface area contributed by atoms with Crippen molar-refractivity contribution in [2.45, 2.75) is 18.9 Å². The topological polar surface area (TPSA) is 34.1 Å². The van der Waals surface area contributed by atoms with E-state index in [4.69, 9.17) is 4.74 Å². The van der Waals surface area contributed by atoms with Crippen molar-refractivity contribution in [1.82, 2.24) is 4.98 Å². The van der Waals surface area contributed by atoms with E-state index in [1.54, 1.807) is 11.3 Å². The fourth-order valence-corrected chi connectivity index (χ4v) is 2.83. The van der Waals surface area contributed by atoms with Gasteiger partial charge in [-0.05, 0) is 12.8 Å². The van der Waals surface area contributed by atoms with Gasteiger partial charge in [0.25, 0.3) is 0 Å². The lowest BCUT2D eigenvalue weighted by Crippen LogP contribution is -2.18. The molecule has 94 valence electrons. The van der Waals surface area contributed by atoms with Crippen LogP contribution >= 0.6 is 11.3 Å². The number of hydrogen-bond donors (Lipinski definition) is 1. The Morgan fingerprint density at radius 2 is 2.22 bits per heavy atom. The van der Waals surface area contributed by atoms with Crippen LogP contribution in [-0.2, 0) is 4.74 Å². The van der Waals surface area contributed by atoms with Gasteiger partial charge in [-0.25, -0.2) is 4.98 Å². The predicted octanol–water partition coefficient (Wildman–Crippen LogP) is 3.40. The number of nitrogens with one attached hydrogen (secondary N) is 1. The van der Waals surface area contributed by atoms with Crippen LogP contribution in [0.25, 0.3) is 11.3 Å². The molecule has 1 fully saturated rings. The normalized spacial score (nSPS) is 19.0. The average molecular weight is 260 g/mol. The minimum atomic E-state index is 0.356. The Morgan fingerprint density at radius 1 is 1.33 bits per heavy atom. The number of ether oxygens (including phenoxy) is 1. The first kappa shape index (κ1) is 11.7. The molecular weight excluding hydrogens is 244 g/mol. The van der Waals surface area contributed by atoms with E-state index < -0.39 is 0 Å². The molecule has 1 aliphatic heterocycles. The van der Waals surface area contributed by atoms with Crippen molar-refractivity contribution in [2.24, 2.45) is 0 Å². The van der Waals surface area contributed by atoms with Gasteiger partial charge in [-0.2, -0.15) is 0 Å². The first-order chi connectivity index (χ1) is 8.92. The summed E-state index contributed by atoms with van der Waals surface area (Å²) in [5, 5.41) is 6.43. The highest BCUT2D eigenvalue weighted by molar-refractivity contribution is 7.14. The molecule has 1 N–H and O–H groups in total. The Hall–Kier alpha value is -1.39. The lowest BCUT2D eigenvalue weighted by Gasteiger charge is -2.09. The molecule has 2 heterocycles. The summed E-state index contributed by atoms with van der Waals surface area (Å²) in [4.78, 5) is 4.59. The summed E-state index contributed by atoms with van der Waals surface area (Å²) in [5.74, 6) is 0. The summed E-state index contributed by atoms with van der Waals surface area (Å²) >= 11 is 1.65.